The fraction of sp³-hybridized carbons (Fsp3) is 0.389. The first-order valence-electron chi connectivity index (χ1n) is 15.4. The van der Waals surface area contributed by atoms with E-state index in [1.165, 1.54) is 25.7 Å². The van der Waals surface area contributed by atoms with Crippen LogP contribution in [0.5, 0.6) is 0 Å². The van der Waals surface area contributed by atoms with Crippen LogP contribution in [-0.4, -0.2) is 70.8 Å². The van der Waals surface area contributed by atoms with Gasteiger partial charge in [0.15, 0.2) is 0 Å². The Morgan fingerprint density at radius 2 is 1.35 bits per heavy atom. The van der Waals surface area contributed by atoms with E-state index in [1.54, 1.807) is 51.1 Å². The number of carbonyl (C=O) groups is 4. The van der Waals surface area contributed by atoms with Gasteiger partial charge in [-0.25, -0.2) is 9.59 Å². The lowest BCUT2D eigenvalue weighted by atomic mass is 9.98. The highest BCUT2D eigenvalue weighted by atomic mass is 16.6. The molecule has 46 heavy (non-hydrogen) atoms. The van der Waals surface area contributed by atoms with Gasteiger partial charge in [0.1, 0.15) is 30.3 Å². The molecule has 1 unspecified atom stereocenters. The van der Waals surface area contributed by atoms with Crippen LogP contribution in [0.15, 0.2) is 78.9 Å². The van der Waals surface area contributed by atoms with Crippen LogP contribution in [0.25, 0.3) is 11.1 Å². The molecular formula is C36H43N3O7. The van der Waals surface area contributed by atoms with E-state index in [0.717, 1.165) is 22.3 Å². The van der Waals surface area contributed by atoms with Gasteiger partial charge in [-0.3, -0.25) is 9.59 Å². The maximum Gasteiger partial charge on any atom is 0.407 e. The molecule has 1 aliphatic rings. The summed E-state index contributed by atoms with van der Waals surface area (Å²) in [6, 6.07) is 20.6. The second-order valence-electron chi connectivity index (χ2n) is 12.5. The van der Waals surface area contributed by atoms with E-state index in [2.05, 4.69) is 10.6 Å². The van der Waals surface area contributed by atoms with Gasteiger partial charge in [-0.05, 0) is 69.4 Å². The lowest BCUT2D eigenvalue weighted by Gasteiger charge is -2.37. The molecule has 0 saturated carbocycles. The lowest BCUT2D eigenvalue weighted by Crippen LogP contribution is -2.57. The molecule has 3 N–H and O–H groups in total. The maximum atomic E-state index is 14.0. The van der Waals surface area contributed by atoms with Crippen molar-refractivity contribution in [1.82, 2.24) is 15.5 Å². The topological polar surface area (TPSA) is 134 Å². The Morgan fingerprint density at radius 3 is 1.89 bits per heavy atom. The van der Waals surface area contributed by atoms with E-state index < -0.39 is 60.3 Å². The summed E-state index contributed by atoms with van der Waals surface area (Å²) in [5.74, 6) is -2.04. The number of fused-ring (bicyclic) bond motifs is 3. The Hall–Kier alpha value is -4.70. The van der Waals surface area contributed by atoms with Crippen molar-refractivity contribution in [2.45, 2.75) is 77.2 Å². The van der Waals surface area contributed by atoms with Gasteiger partial charge in [-0.2, -0.15) is 0 Å². The minimum atomic E-state index is -1.14. The van der Waals surface area contributed by atoms with Crippen molar-refractivity contribution in [1.29, 1.82) is 0 Å². The van der Waals surface area contributed by atoms with Gasteiger partial charge in [0.2, 0.25) is 11.8 Å². The van der Waals surface area contributed by atoms with Crippen LogP contribution < -0.4 is 10.6 Å². The number of aliphatic hydroxyl groups excluding tert-OH is 1. The Balaban J connectivity index is 1.48. The van der Waals surface area contributed by atoms with Gasteiger partial charge in [0.05, 0.1) is 12.6 Å². The molecule has 0 heterocycles. The number of nitrogens with zero attached hydrogens (tertiary/aromatic N) is 1. The molecule has 0 bridgehead atoms. The third kappa shape index (κ3) is 7.92. The van der Waals surface area contributed by atoms with Crippen molar-refractivity contribution in [3.8, 4) is 11.1 Å². The minimum Gasteiger partial charge on any atom is -0.458 e. The number of aliphatic hydroxyl groups is 1. The zero-order valence-electron chi connectivity index (χ0n) is 27.2. The summed E-state index contributed by atoms with van der Waals surface area (Å²) in [6.45, 7) is 9.22. The van der Waals surface area contributed by atoms with Crippen LogP contribution in [0.4, 0.5) is 4.79 Å². The number of nitrogens with one attached hydrogen (secondary N) is 2. The van der Waals surface area contributed by atoms with Gasteiger partial charge in [-0.1, -0.05) is 78.9 Å². The molecule has 3 aromatic carbocycles. The van der Waals surface area contributed by atoms with E-state index >= 15 is 0 Å². The molecule has 3 amide bonds. The summed E-state index contributed by atoms with van der Waals surface area (Å²) in [7, 11) is 0. The molecule has 0 radical (unpaired) electrons. The summed E-state index contributed by atoms with van der Waals surface area (Å²) < 4.78 is 11.0. The predicted octanol–water partition coefficient (Wildman–Crippen LogP) is 4.71. The number of hydrogen-bond donors (Lipinski definition) is 3. The normalized spacial score (nSPS) is 14.9. The van der Waals surface area contributed by atoms with Gasteiger partial charge in [-0.15, -0.1) is 0 Å². The second-order valence-corrected chi connectivity index (χ2v) is 12.5. The second kappa shape index (κ2) is 14.6. The fourth-order valence-corrected chi connectivity index (χ4v) is 5.66. The highest BCUT2D eigenvalue weighted by molar-refractivity contribution is 5.93. The summed E-state index contributed by atoms with van der Waals surface area (Å²) in [5.41, 5.74) is 4.14. The van der Waals surface area contributed by atoms with Crippen LogP contribution in [0.3, 0.4) is 0 Å². The average molecular weight is 630 g/mol. The third-order valence-corrected chi connectivity index (χ3v) is 7.91. The maximum absolute atomic E-state index is 14.0. The zero-order chi connectivity index (χ0) is 33.6. The summed E-state index contributed by atoms with van der Waals surface area (Å²) >= 11 is 0. The van der Waals surface area contributed by atoms with Crippen molar-refractivity contribution in [2.24, 2.45) is 0 Å². The molecule has 0 saturated heterocycles. The van der Waals surface area contributed by atoms with Gasteiger partial charge < -0.3 is 30.1 Å². The first-order chi connectivity index (χ1) is 21.8. The molecule has 0 spiro atoms. The van der Waals surface area contributed by atoms with Crippen LogP contribution >= 0.6 is 0 Å². The SMILES string of the molecule is C[C@H](NC(=O)OCC1c2ccccc2-c2ccccc21)C(=O)N(C(CO)c1ccccc1)[C@@H](C)C(=O)N[C@H](C)C(=O)OC(C)(C)C. The number of hydrogen-bond acceptors (Lipinski definition) is 7. The number of carbonyl (C=O) groups excluding carboxylic acids is 4. The molecule has 0 fully saturated rings. The smallest absolute Gasteiger partial charge is 0.407 e. The van der Waals surface area contributed by atoms with Gasteiger partial charge in [0, 0.05) is 5.92 Å². The number of amides is 3. The van der Waals surface area contributed by atoms with Crippen LogP contribution in [0.1, 0.15) is 70.2 Å². The number of alkyl carbamates (subject to hydrolysis) is 1. The molecular weight excluding hydrogens is 586 g/mol. The highest BCUT2D eigenvalue weighted by Gasteiger charge is 2.37. The molecule has 3 aromatic rings. The molecule has 1 aliphatic carbocycles. The van der Waals surface area contributed by atoms with Gasteiger partial charge in [0.25, 0.3) is 0 Å². The first kappa shape index (κ1) is 34.2. The fourth-order valence-electron chi connectivity index (χ4n) is 5.66. The van der Waals surface area contributed by atoms with E-state index in [4.69, 9.17) is 9.47 Å². The Bertz CT molecular complexity index is 1510. The van der Waals surface area contributed by atoms with Crippen LogP contribution in [-0.2, 0) is 23.9 Å². The van der Waals surface area contributed by atoms with Crippen molar-refractivity contribution in [2.75, 3.05) is 13.2 Å². The predicted molar refractivity (Wildman–Crippen MR) is 174 cm³/mol. The number of rotatable bonds is 11. The quantitative estimate of drug-likeness (QED) is 0.262. The summed E-state index contributed by atoms with van der Waals surface area (Å²) in [5, 5.41) is 15.7. The van der Waals surface area contributed by atoms with Crippen molar-refractivity contribution in [3.63, 3.8) is 0 Å². The van der Waals surface area contributed by atoms with Crippen molar-refractivity contribution < 1.29 is 33.8 Å². The molecule has 0 aliphatic heterocycles. The van der Waals surface area contributed by atoms with Gasteiger partial charge >= 0.3 is 12.1 Å². The van der Waals surface area contributed by atoms with Crippen molar-refractivity contribution >= 4 is 23.9 Å². The molecule has 4 atom stereocenters. The van der Waals surface area contributed by atoms with Crippen molar-refractivity contribution in [3.05, 3.63) is 95.6 Å². The standard InChI is InChI=1S/C36H43N3O7/c1-22(38-35(44)45-21-30-28-18-12-10-16-26(28)27-17-11-13-19-29(27)30)33(42)39(31(20-40)25-14-8-7-9-15-25)24(3)32(41)37-23(2)34(43)46-36(4,5)6/h7-19,22-24,30-31,40H,20-21H2,1-6H3,(H,37,41)(H,38,44)/t22-,23+,24-,31?/m0/s1. The average Bonchev–Trinajstić information content (AvgIpc) is 3.35. The summed E-state index contributed by atoms with van der Waals surface area (Å²) in [6.07, 6.45) is -0.793. The lowest BCUT2D eigenvalue weighted by molar-refractivity contribution is -0.158. The molecule has 244 valence electrons. The highest BCUT2D eigenvalue weighted by Crippen LogP contribution is 2.44. The van der Waals surface area contributed by atoms with E-state index in [9.17, 15) is 24.3 Å². The Kier molecular flexibility index (Phi) is 10.8. The largest absolute Gasteiger partial charge is 0.458 e. The van der Waals surface area contributed by atoms with Crippen LogP contribution in [0, 0.1) is 0 Å². The molecule has 10 heteroatoms. The number of esters is 1. The monoisotopic (exact) mass is 629 g/mol. The minimum absolute atomic E-state index is 0.0646. The Labute approximate surface area is 270 Å². The molecule has 0 aromatic heterocycles. The number of benzene rings is 3. The molecule has 4 rings (SSSR count). The van der Waals surface area contributed by atoms with Crippen LogP contribution in [0.2, 0.25) is 0 Å². The third-order valence-electron chi connectivity index (χ3n) is 7.91. The molecule has 10 nitrogen and oxygen atoms in total. The Morgan fingerprint density at radius 1 is 0.804 bits per heavy atom. The number of ether oxygens (including phenoxy) is 2. The first-order valence-corrected chi connectivity index (χ1v) is 15.4. The van der Waals surface area contributed by atoms with E-state index in [-0.39, 0.29) is 12.5 Å². The zero-order valence-corrected chi connectivity index (χ0v) is 27.2. The summed E-state index contributed by atoms with van der Waals surface area (Å²) in [4.78, 5) is 54.2. The van der Waals surface area contributed by atoms with E-state index in [0.29, 0.717) is 5.56 Å². The van der Waals surface area contributed by atoms with E-state index in [1.807, 2.05) is 48.5 Å².